The average Bonchev–Trinajstić information content (AvgIpc) is 3.21. The number of ether oxygens (including phenoxy) is 1. The monoisotopic (exact) mass is 578 g/mol. The molecule has 0 unspecified atom stereocenters. The van der Waals surface area contributed by atoms with Crippen LogP contribution in [0.15, 0.2) is 70.3 Å². The molecule has 0 fully saturated rings. The number of imidazole rings is 1. The van der Waals surface area contributed by atoms with Crippen LogP contribution in [-0.4, -0.2) is 42.7 Å². The molecule has 0 atom stereocenters. The number of benzene rings is 3. The fourth-order valence-corrected chi connectivity index (χ4v) is 5.58. The van der Waals surface area contributed by atoms with Gasteiger partial charge in [0.2, 0.25) is 0 Å². The lowest BCUT2D eigenvalue weighted by molar-refractivity contribution is 0.0784. The van der Waals surface area contributed by atoms with E-state index in [9.17, 15) is 13.2 Å². The fraction of sp³-hybridized carbons (Fsp3) is 0.200. The Labute approximate surface area is 215 Å². The summed E-state index contributed by atoms with van der Waals surface area (Å²) in [6.07, 6.45) is 1.55. The molecule has 6 nitrogen and oxygen atoms in total. The van der Waals surface area contributed by atoms with Crippen molar-refractivity contribution < 1.29 is 22.3 Å². The smallest absolute Gasteiger partial charge is 0.188 e. The van der Waals surface area contributed by atoms with Crippen LogP contribution >= 0.6 is 27.5 Å². The van der Waals surface area contributed by atoms with Crippen molar-refractivity contribution in [2.24, 2.45) is 7.05 Å². The van der Waals surface area contributed by atoms with Crippen LogP contribution in [-0.2, 0) is 28.0 Å². The molecular formula is C25H21BrClFN2O4S. The lowest BCUT2D eigenvalue weighted by atomic mass is 9.95. The third-order valence-corrected chi connectivity index (χ3v) is 8.12. The van der Waals surface area contributed by atoms with Gasteiger partial charge in [-0.2, -0.15) is 0 Å². The zero-order valence-corrected chi connectivity index (χ0v) is 21.8. The molecule has 4 rings (SSSR count). The van der Waals surface area contributed by atoms with E-state index in [2.05, 4.69) is 20.9 Å². The number of halogens is 3. The second-order valence-corrected chi connectivity index (χ2v) is 11.4. The maximum Gasteiger partial charge on any atom is 0.188 e. The predicted molar refractivity (Wildman–Crippen MR) is 136 cm³/mol. The van der Waals surface area contributed by atoms with Gasteiger partial charge in [-0.15, -0.1) is 0 Å². The summed E-state index contributed by atoms with van der Waals surface area (Å²) in [7, 11) is -1.83. The first-order chi connectivity index (χ1) is 16.7. The van der Waals surface area contributed by atoms with Crippen molar-refractivity contribution in [2.75, 3.05) is 19.0 Å². The molecule has 1 aromatic heterocycles. The van der Waals surface area contributed by atoms with Gasteiger partial charge in [0.15, 0.2) is 21.4 Å². The van der Waals surface area contributed by atoms with Gasteiger partial charge in [0.05, 0.1) is 29.1 Å². The van der Waals surface area contributed by atoms with Gasteiger partial charge in [-0.05, 0) is 35.9 Å². The molecule has 3 aromatic carbocycles. The third-order valence-electron chi connectivity index (χ3n) is 5.58. The van der Waals surface area contributed by atoms with Gasteiger partial charge in [-0.25, -0.2) is 17.8 Å². The number of aryl methyl sites for hydroxylation is 1. The fourth-order valence-electron chi connectivity index (χ4n) is 3.70. The van der Waals surface area contributed by atoms with Gasteiger partial charge in [0, 0.05) is 34.1 Å². The first-order valence-corrected chi connectivity index (χ1v) is 13.4. The van der Waals surface area contributed by atoms with E-state index < -0.39 is 28.0 Å². The van der Waals surface area contributed by atoms with Crippen molar-refractivity contribution in [1.82, 2.24) is 9.55 Å². The van der Waals surface area contributed by atoms with Crippen LogP contribution in [0.3, 0.4) is 0 Å². The molecule has 0 radical (unpaired) electrons. The molecule has 0 N–H and O–H groups in total. The first-order valence-electron chi connectivity index (χ1n) is 10.6. The zero-order valence-electron chi connectivity index (χ0n) is 18.7. The average molecular weight is 580 g/mol. The summed E-state index contributed by atoms with van der Waals surface area (Å²) in [4.78, 5) is 17.4. The Bertz CT molecular complexity index is 1510. The van der Waals surface area contributed by atoms with Crippen LogP contribution in [0.4, 0.5) is 4.39 Å². The molecule has 35 heavy (non-hydrogen) atoms. The van der Waals surface area contributed by atoms with Crippen molar-refractivity contribution in [3.63, 3.8) is 0 Å². The minimum absolute atomic E-state index is 0.0773. The highest BCUT2D eigenvalue weighted by Crippen LogP contribution is 2.30. The largest absolute Gasteiger partial charge is 0.372 e. The molecule has 0 aliphatic rings. The Morgan fingerprint density at radius 2 is 1.91 bits per heavy atom. The molecule has 1 heterocycles. The lowest BCUT2D eigenvalue weighted by Crippen LogP contribution is -2.18. The minimum atomic E-state index is -3.54. The zero-order chi connectivity index (χ0) is 25.2. The summed E-state index contributed by atoms with van der Waals surface area (Å²) < 4.78 is 48.2. The summed E-state index contributed by atoms with van der Waals surface area (Å²) in [6, 6.07) is 14.8. The normalized spacial score (nSPS) is 11.8. The van der Waals surface area contributed by atoms with Crippen LogP contribution < -0.4 is 0 Å². The van der Waals surface area contributed by atoms with Crippen LogP contribution in [0.1, 0.15) is 21.5 Å². The van der Waals surface area contributed by atoms with Gasteiger partial charge in [0.25, 0.3) is 0 Å². The second-order valence-electron chi connectivity index (χ2n) is 7.96. The molecule has 182 valence electrons. The number of hydrogen-bond acceptors (Lipinski definition) is 5. The third kappa shape index (κ3) is 5.64. The summed E-state index contributed by atoms with van der Waals surface area (Å²) >= 11 is 9.69. The van der Waals surface area contributed by atoms with E-state index in [0.29, 0.717) is 16.1 Å². The summed E-state index contributed by atoms with van der Waals surface area (Å²) in [6.45, 7) is -0.568. The molecular weight excluding hydrogens is 559 g/mol. The Kier molecular flexibility index (Phi) is 7.70. The van der Waals surface area contributed by atoms with Crippen molar-refractivity contribution in [2.45, 2.75) is 11.3 Å². The summed E-state index contributed by atoms with van der Waals surface area (Å²) in [5.74, 6) is -1.34. The molecule has 0 saturated carbocycles. The lowest BCUT2D eigenvalue weighted by Gasteiger charge is -2.13. The maximum absolute atomic E-state index is 15.5. The number of nitrogens with zero attached hydrogens (tertiary/aromatic N) is 2. The SMILES string of the molecule is Cn1cnc2c(F)c(Cc3ccc(Br)cc3Cl)c(C(=O)COCCS(=O)(=O)c3ccccc3)cc21. The second kappa shape index (κ2) is 10.6. The summed E-state index contributed by atoms with van der Waals surface area (Å²) in [5.41, 5.74) is 1.56. The minimum Gasteiger partial charge on any atom is -0.372 e. The standard InChI is InChI=1S/C25H21BrClFN2O4S/c1-30-15-29-25-22(30)13-19(20(24(25)28)11-16-7-8-17(26)12-21(16)27)23(31)14-34-9-10-35(32,33)18-5-3-2-4-6-18/h2-8,12-13,15H,9-11,14H2,1H3. The number of carbonyl (C=O) groups is 1. The molecule has 0 amide bonds. The van der Waals surface area contributed by atoms with Gasteiger partial charge < -0.3 is 9.30 Å². The maximum atomic E-state index is 15.5. The Balaban J connectivity index is 1.56. The molecule has 0 aliphatic carbocycles. The molecule has 4 aromatic rings. The highest BCUT2D eigenvalue weighted by atomic mass is 79.9. The number of fused-ring (bicyclic) bond motifs is 1. The van der Waals surface area contributed by atoms with Crippen molar-refractivity contribution in [3.05, 3.63) is 92.9 Å². The molecule has 0 spiro atoms. The number of Topliss-reactive ketones (excluding diaryl/α,β-unsaturated/α-hetero) is 1. The van der Waals surface area contributed by atoms with E-state index >= 15 is 4.39 Å². The van der Waals surface area contributed by atoms with Crippen LogP contribution in [0.2, 0.25) is 5.02 Å². The van der Waals surface area contributed by atoms with E-state index in [0.717, 1.165) is 4.47 Å². The van der Waals surface area contributed by atoms with Gasteiger partial charge in [-0.1, -0.05) is 51.8 Å². The number of ketones is 1. The highest BCUT2D eigenvalue weighted by molar-refractivity contribution is 9.10. The van der Waals surface area contributed by atoms with E-state index in [1.54, 1.807) is 54.1 Å². The number of rotatable bonds is 9. The Morgan fingerprint density at radius 1 is 1.17 bits per heavy atom. The van der Waals surface area contributed by atoms with Crippen LogP contribution in [0.5, 0.6) is 0 Å². The number of sulfone groups is 1. The Hall–Kier alpha value is -2.59. The highest BCUT2D eigenvalue weighted by Gasteiger charge is 2.22. The quantitative estimate of drug-likeness (QED) is 0.196. The van der Waals surface area contributed by atoms with Crippen LogP contribution in [0, 0.1) is 5.82 Å². The van der Waals surface area contributed by atoms with Crippen molar-refractivity contribution >= 4 is 54.2 Å². The predicted octanol–water partition coefficient (Wildman–Crippen LogP) is 5.39. The van der Waals surface area contributed by atoms with Crippen molar-refractivity contribution in [1.29, 1.82) is 0 Å². The van der Waals surface area contributed by atoms with Gasteiger partial charge in [-0.3, -0.25) is 4.79 Å². The van der Waals surface area contributed by atoms with Crippen LogP contribution in [0.25, 0.3) is 11.0 Å². The molecule has 0 bridgehead atoms. The topological polar surface area (TPSA) is 78.3 Å². The molecule has 10 heteroatoms. The van der Waals surface area contributed by atoms with Gasteiger partial charge >= 0.3 is 0 Å². The number of hydrogen-bond donors (Lipinski definition) is 0. The van der Waals surface area contributed by atoms with E-state index in [1.165, 1.54) is 18.5 Å². The Morgan fingerprint density at radius 3 is 2.63 bits per heavy atom. The van der Waals surface area contributed by atoms with E-state index in [-0.39, 0.29) is 40.3 Å². The van der Waals surface area contributed by atoms with Crippen molar-refractivity contribution in [3.8, 4) is 0 Å². The van der Waals surface area contributed by atoms with Gasteiger partial charge in [0.1, 0.15) is 12.1 Å². The molecule has 0 aliphatic heterocycles. The van der Waals surface area contributed by atoms with E-state index in [4.69, 9.17) is 16.3 Å². The number of carbonyl (C=O) groups excluding carboxylic acids is 1. The van der Waals surface area contributed by atoms with E-state index in [1.807, 2.05) is 0 Å². The summed E-state index contributed by atoms with van der Waals surface area (Å²) in [5, 5.41) is 0.431. The number of aromatic nitrogens is 2. The first kappa shape index (κ1) is 25.5. The molecule has 0 saturated heterocycles.